The summed E-state index contributed by atoms with van der Waals surface area (Å²) in [6.07, 6.45) is 0.400. The molecule has 0 bridgehead atoms. The molecule has 0 aromatic heterocycles. The summed E-state index contributed by atoms with van der Waals surface area (Å²) in [5.41, 5.74) is 6.96. The number of ether oxygens (including phenoxy) is 1. The molecule has 19 heavy (non-hydrogen) atoms. The summed E-state index contributed by atoms with van der Waals surface area (Å²) in [6.45, 7) is 6.99. The maximum absolute atomic E-state index is 9.40. The molecule has 0 saturated heterocycles. The predicted molar refractivity (Wildman–Crippen MR) is 78.3 cm³/mol. The van der Waals surface area contributed by atoms with Crippen LogP contribution < -0.4 is 15.8 Å². The van der Waals surface area contributed by atoms with Crippen LogP contribution in [-0.2, 0) is 0 Å². The van der Waals surface area contributed by atoms with E-state index < -0.39 is 0 Å². The zero-order chi connectivity index (χ0) is 14.3. The highest BCUT2D eigenvalue weighted by Gasteiger charge is 2.14. The number of benzene rings is 1. The molecule has 4 N–H and O–H groups in total. The molecule has 3 unspecified atom stereocenters. The molecule has 0 spiro atoms. The largest absolute Gasteiger partial charge is 0.494 e. The van der Waals surface area contributed by atoms with Gasteiger partial charge in [0.25, 0.3) is 0 Å². The molecule has 0 saturated carbocycles. The lowest BCUT2D eigenvalue weighted by Crippen LogP contribution is -2.36. The number of hydrogen-bond acceptors (Lipinski definition) is 4. The number of rotatable bonds is 8. The van der Waals surface area contributed by atoms with Gasteiger partial charge in [0, 0.05) is 18.6 Å². The lowest BCUT2D eigenvalue weighted by atomic mass is 10.0. The van der Waals surface area contributed by atoms with Crippen molar-refractivity contribution in [3.05, 3.63) is 29.8 Å². The van der Waals surface area contributed by atoms with E-state index in [0.717, 1.165) is 11.3 Å². The molecular formula is C15H26N2O2. The van der Waals surface area contributed by atoms with Gasteiger partial charge in [0.15, 0.2) is 0 Å². The molecule has 0 aliphatic rings. The first-order valence-corrected chi connectivity index (χ1v) is 6.93. The summed E-state index contributed by atoms with van der Waals surface area (Å²) in [6, 6.07) is 8.27. The molecule has 0 heterocycles. The Labute approximate surface area is 116 Å². The second-order valence-corrected chi connectivity index (χ2v) is 4.95. The molecule has 0 amide bonds. The van der Waals surface area contributed by atoms with Crippen molar-refractivity contribution in [2.75, 3.05) is 13.2 Å². The molecule has 0 aliphatic heterocycles. The van der Waals surface area contributed by atoms with Crippen LogP contribution in [0.2, 0.25) is 0 Å². The molecule has 0 aliphatic carbocycles. The van der Waals surface area contributed by atoms with Crippen LogP contribution in [0.4, 0.5) is 0 Å². The van der Waals surface area contributed by atoms with Gasteiger partial charge in [-0.05, 0) is 44.9 Å². The van der Waals surface area contributed by atoms with Gasteiger partial charge < -0.3 is 20.9 Å². The van der Waals surface area contributed by atoms with E-state index in [-0.39, 0.29) is 18.2 Å². The quantitative estimate of drug-likeness (QED) is 0.671. The summed E-state index contributed by atoms with van der Waals surface area (Å²) in [7, 11) is 0. The summed E-state index contributed by atoms with van der Waals surface area (Å²) >= 11 is 0. The first-order valence-electron chi connectivity index (χ1n) is 6.93. The third kappa shape index (κ3) is 5.59. The van der Waals surface area contributed by atoms with Crippen LogP contribution in [0, 0.1) is 0 Å². The Hall–Kier alpha value is -1.10. The molecule has 1 aromatic rings. The van der Waals surface area contributed by atoms with E-state index in [1.165, 1.54) is 0 Å². The van der Waals surface area contributed by atoms with Crippen molar-refractivity contribution in [1.29, 1.82) is 0 Å². The molecule has 4 heteroatoms. The maximum atomic E-state index is 9.40. The number of nitrogens with two attached hydrogens (primary N) is 1. The highest BCUT2D eigenvalue weighted by molar-refractivity contribution is 5.30. The van der Waals surface area contributed by atoms with Gasteiger partial charge in [-0.2, -0.15) is 0 Å². The minimum atomic E-state index is -0.310. The van der Waals surface area contributed by atoms with Crippen LogP contribution >= 0.6 is 0 Å². The zero-order valence-electron chi connectivity index (χ0n) is 12.1. The van der Waals surface area contributed by atoms with Crippen molar-refractivity contribution in [2.45, 2.75) is 45.4 Å². The Kier molecular flexibility index (Phi) is 6.84. The first kappa shape index (κ1) is 16.0. The Bertz CT molecular complexity index is 369. The Morgan fingerprint density at radius 3 is 2.68 bits per heavy atom. The van der Waals surface area contributed by atoms with Gasteiger partial charge in [-0.1, -0.05) is 12.1 Å². The second-order valence-electron chi connectivity index (χ2n) is 4.95. The molecule has 1 rings (SSSR count). The summed E-state index contributed by atoms with van der Waals surface area (Å²) in [5, 5.41) is 12.8. The van der Waals surface area contributed by atoms with Crippen LogP contribution in [0.15, 0.2) is 24.3 Å². The average molecular weight is 266 g/mol. The summed E-state index contributed by atoms with van der Waals surface area (Å²) in [4.78, 5) is 0. The van der Waals surface area contributed by atoms with Crippen molar-refractivity contribution in [2.24, 2.45) is 5.73 Å². The standard InChI is InChI=1S/C15H26N2O2/c1-4-19-14-7-5-6-13(9-14)15(10-16)17-11(2)8-12(3)18/h5-7,9,11-12,15,17-18H,4,8,10,16H2,1-3H3. The van der Waals surface area contributed by atoms with Crippen molar-refractivity contribution < 1.29 is 9.84 Å². The fraction of sp³-hybridized carbons (Fsp3) is 0.600. The van der Waals surface area contributed by atoms with Gasteiger partial charge in [-0.3, -0.25) is 0 Å². The maximum Gasteiger partial charge on any atom is 0.119 e. The third-order valence-electron chi connectivity index (χ3n) is 2.99. The molecule has 108 valence electrons. The monoisotopic (exact) mass is 266 g/mol. The smallest absolute Gasteiger partial charge is 0.119 e. The number of nitrogens with one attached hydrogen (secondary N) is 1. The fourth-order valence-electron chi connectivity index (χ4n) is 2.21. The summed E-state index contributed by atoms with van der Waals surface area (Å²) in [5.74, 6) is 0.864. The van der Waals surface area contributed by atoms with Gasteiger partial charge in [-0.25, -0.2) is 0 Å². The van der Waals surface area contributed by atoms with E-state index in [4.69, 9.17) is 10.5 Å². The van der Waals surface area contributed by atoms with Gasteiger partial charge in [0.2, 0.25) is 0 Å². The van der Waals surface area contributed by atoms with Crippen molar-refractivity contribution >= 4 is 0 Å². The number of aliphatic hydroxyl groups is 1. The normalized spacial score (nSPS) is 15.8. The van der Waals surface area contributed by atoms with Crippen LogP contribution in [0.5, 0.6) is 5.75 Å². The van der Waals surface area contributed by atoms with Gasteiger partial charge in [0.05, 0.1) is 12.7 Å². The van der Waals surface area contributed by atoms with Gasteiger partial charge in [-0.15, -0.1) is 0 Å². The molecular weight excluding hydrogens is 240 g/mol. The molecule has 3 atom stereocenters. The molecule has 0 fully saturated rings. The number of aliphatic hydroxyl groups excluding tert-OH is 1. The zero-order valence-corrected chi connectivity index (χ0v) is 12.1. The van der Waals surface area contributed by atoms with E-state index in [2.05, 4.69) is 12.2 Å². The highest BCUT2D eigenvalue weighted by atomic mass is 16.5. The SMILES string of the molecule is CCOc1cccc(C(CN)NC(C)CC(C)O)c1. The van der Waals surface area contributed by atoms with Crippen LogP contribution in [0.1, 0.15) is 38.8 Å². The van der Waals surface area contributed by atoms with E-state index in [1.54, 1.807) is 6.92 Å². The minimum absolute atomic E-state index is 0.0779. The topological polar surface area (TPSA) is 67.5 Å². The molecule has 0 radical (unpaired) electrons. The van der Waals surface area contributed by atoms with Crippen LogP contribution in [-0.4, -0.2) is 30.4 Å². The highest BCUT2D eigenvalue weighted by Crippen LogP contribution is 2.19. The second kappa shape index (κ2) is 8.15. The van der Waals surface area contributed by atoms with E-state index in [9.17, 15) is 5.11 Å². The first-order chi connectivity index (χ1) is 9.06. The van der Waals surface area contributed by atoms with Crippen molar-refractivity contribution in [3.63, 3.8) is 0 Å². The third-order valence-corrected chi connectivity index (χ3v) is 2.99. The Morgan fingerprint density at radius 1 is 1.37 bits per heavy atom. The van der Waals surface area contributed by atoms with Crippen LogP contribution in [0.25, 0.3) is 0 Å². The van der Waals surface area contributed by atoms with Crippen molar-refractivity contribution in [1.82, 2.24) is 5.32 Å². The lowest BCUT2D eigenvalue weighted by molar-refractivity contribution is 0.168. The van der Waals surface area contributed by atoms with Crippen LogP contribution in [0.3, 0.4) is 0 Å². The number of hydrogen-bond donors (Lipinski definition) is 3. The van der Waals surface area contributed by atoms with E-state index >= 15 is 0 Å². The minimum Gasteiger partial charge on any atom is -0.494 e. The van der Waals surface area contributed by atoms with Gasteiger partial charge in [0.1, 0.15) is 5.75 Å². The fourth-order valence-corrected chi connectivity index (χ4v) is 2.21. The van der Waals surface area contributed by atoms with E-state index in [1.807, 2.05) is 31.2 Å². The average Bonchev–Trinajstić information content (AvgIpc) is 2.36. The lowest BCUT2D eigenvalue weighted by Gasteiger charge is -2.23. The molecule has 4 nitrogen and oxygen atoms in total. The van der Waals surface area contributed by atoms with Gasteiger partial charge >= 0.3 is 0 Å². The van der Waals surface area contributed by atoms with E-state index in [0.29, 0.717) is 19.6 Å². The summed E-state index contributed by atoms with van der Waals surface area (Å²) < 4.78 is 5.50. The molecule has 1 aromatic carbocycles. The Morgan fingerprint density at radius 2 is 2.11 bits per heavy atom. The van der Waals surface area contributed by atoms with Crippen molar-refractivity contribution in [3.8, 4) is 5.75 Å². The Balaban J connectivity index is 2.70. The predicted octanol–water partition coefficient (Wildman–Crippen LogP) is 1.83.